The van der Waals surface area contributed by atoms with Crippen LogP contribution in [0.5, 0.6) is 0 Å². The van der Waals surface area contributed by atoms with Crippen molar-refractivity contribution in [2.75, 3.05) is 18.2 Å². The van der Waals surface area contributed by atoms with E-state index in [4.69, 9.17) is 4.74 Å². The number of esters is 1. The predicted molar refractivity (Wildman–Crippen MR) is 81.3 cm³/mol. The Kier molecular flexibility index (Phi) is 3.65. The fourth-order valence-corrected chi connectivity index (χ4v) is 3.53. The number of thioether (sulfide) groups is 1. The third-order valence-corrected chi connectivity index (χ3v) is 4.54. The van der Waals surface area contributed by atoms with Gasteiger partial charge in [-0.2, -0.15) is 0 Å². The van der Waals surface area contributed by atoms with Crippen LogP contribution in [-0.4, -0.2) is 18.8 Å². The van der Waals surface area contributed by atoms with Crippen LogP contribution >= 0.6 is 11.8 Å². The average Bonchev–Trinajstić information content (AvgIpc) is 2.90. The van der Waals surface area contributed by atoms with Crippen molar-refractivity contribution in [3.63, 3.8) is 0 Å². The third kappa shape index (κ3) is 2.39. The van der Waals surface area contributed by atoms with E-state index in [0.717, 1.165) is 11.4 Å². The molecule has 0 spiro atoms. The van der Waals surface area contributed by atoms with Crippen LogP contribution in [0, 0.1) is 0 Å². The first kappa shape index (κ1) is 13.1. The molecule has 1 unspecified atom stereocenters. The zero-order chi connectivity index (χ0) is 13.9. The van der Waals surface area contributed by atoms with E-state index in [1.807, 2.05) is 36.0 Å². The summed E-state index contributed by atoms with van der Waals surface area (Å²) in [5.74, 6) is 0.654. The highest BCUT2D eigenvalue weighted by Gasteiger charge is 2.23. The highest BCUT2D eigenvalue weighted by molar-refractivity contribution is 7.99. The lowest BCUT2D eigenvalue weighted by atomic mass is 10.1. The number of ether oxygens (including phenoxy) is 1. The van der Waals surface area contributed by atoms with Crippen LogP contribution in [0.1, 0.15) is 22.0 Å². The molecule has 102 valence electrons. The molecule has 3 rings (SSSR count). The smallest absolute Gasteiger partial charge is 0.339 e. The number of rotatable bonds is 3. The first-order valence-electron chi connectivity index (χ1n) is 6.45. The lowest BCUT2D eigenvalue weighted by Crippen LogP contribution is -2.13. The van der Waals surface area contributed by atoms with Crippen molar-refractivity contribution >= 4 is 23.4 Å². The van der Waals surface area contributed by atoms with Gasteiger partial charge in [-0.25, -0.2) is 4.79 Å². The Bertz CT molecular complexity index is 642. The van der Waals surface area contributed by atoms with Gasteiger partial charge in [0.15, 0.2) is 0 Å². The molecule has 1 N–H and O–H groups in total. The van der Waals surface area contributed by atoms with Gasteiger partial charge in [-0.05, 0) is 23.8 Å². The molecule has 0 fully saturated rings. The van der Waals surface area contributed by atoms with Crippen LogP contribution < -0.4 is 5.32 Å². The highest BCUT2D eigenvalue weighted by Crippen LogP contribution is 2.39. The molecule has 2 aromatic carbocycles. The summed E-state index contributed by atoms with van der Waals surface area (Å²) in [6.45, 7) is 0. The third-order valence-electron chi connectivity index (χ3n) is 3.36. The standard InChI is InChI=1S/C16H15NO2S/c1-19-16(18)12-7-2-4-8-13(12)17-14-10-20-15-9-5-3-6-11(14)15/h2-9,14,17H,10H2,1H3. The molecule has 0 radical (unpaired) electrons. The number of carbonyl (C=O) groups is 1. The molecule has 1 heterocycles. The molecule has 4 heteroatoms. The van der Waals surface area contributed by atoms with Crippen molar-refractivity contribution in [2.24, 2.45) is 0 Å². The second-order valence-electron chi connectivity index (χ2n) is 4.58. The number of para-hydroxylation sites is 1. The number of methoxy groups -OCH3 is 1. The van der Waals surface area contributed by atoms with Crippen molar-refractivity contribution in [3.05, 3.63) is 59.7 Å². The molecule has 2 aromatic rings. The monoisotopic (exact) mass is 285 g/mol. The summed E-state index contributed by atoms with van der Waals surface area (Å²) < 4.78 is 4.83. The number of carbonyl (C=O) groups excluding carboxylic acids is 1. The Balaban J connectivity index is 1.88. The predicted octanol–water partition coefficient (Wildman–Crippen LogP) is 3.73. The summed E-state index contributed by atoms with van der Waals surface area (Å²) in [5.41, 5.74) is 2.68. The maximum Gasteiger partial charge on any atom is 0.339 e. The minimum absolute atomic E-state index is 0.224. The van der Waals surface area contributed by atoms with E-state index in [-0.39, 0.29) is 12.0 Å². The molecule has 1 aliphatic heterocycles. The lowest BCUT2D eigenvalue weighted by molar-refractivity contribution is 0.0602. The molecular weight excluding hydrogens is 270 g/mol. The Morgan fingerprint density at radius 2 is 1.95 bits per heavy atom. The number of anilines is 1. The summed E-state index contributed by atoms with van der Waals surface area (Å²) >= 11 is 1.84. The number of hydrogen-bond acceptors (Lipinski definition) is 4. The quantitative estimate of drug-likeness (QED) is 0.872. The maximum absolute atomic E-state index is 11.8. The van der Waals surface area contributed by atoms with Crippen molar-refractivity contribution < 1.29 is 9.53 Å². The topological polar surface area (TPSA) is 38.3 Å². The van der Waals surface area contributed by atoms with E-state index in [1.165, 1.54) is 17.6 Å². The molecule has 3 nitrogen and oxygen atoms in total. The summed E-state index contributed by atoms with van der Waals surface area (Å²) in [6.07, 6.45) is 0. The minimum Gasteiger partial charge on any atom is -0.465 e. The maximum atomic E-state index is 11.8. The van der Waals surface area contributed by atoms with Gasteiger partial charge < -0.3 is 10.1 Å². The van der Waals surface area contributed by atoms with Gasteiger partial charge in [-0.15, -0.1) is 11.8 Å². The van der Waals surface area contributed by atoms with Crippen molar-refractivity contribution in [3.8, 4) is 0 Å². The van der Waals surface area contributed by atoms with Gasteiger partial charge in [-0.1, -0.05) is 30.3 Å². The highest BCUT2D eigenvalue weighted by atomic mass is 32.2. The molecule has 0 aromatic heterocycles. The van der Waals surface area contributed by atoms with Crippen LogP contribution in [0.2, 0.25) is 0 Å². The minimum atomic E-state index is -0.313. The number of fused-ring (bicyclic) bond motifs is 1. The summed E-state index contributed by atoms with van der Waals surface area (Å²) in [4.78, 5) is 13.1. The largest absolute Gasteiger partial charge is 0.465 e. The first-order valence-corrected chi connectivity index (χ1v) is 7.44. The zero-order valence-corrected chi connectivity index (χ0v) is 11.9. The van der Waals surface area contributed by atoms with Crippen LogP contribution in [0.25, 0.3) is 0 Å². The Hall–Kier alpha value is -1.94. The average molecular weight is 285 g/mol. The molecule has 0 amide bonds. The van der Waals surface area contributed by atoms with Gasteiger partial charge in [0.2, 0.25) is 0 Å². The van der Waals surface area contributed by atoms with Crippen molar-refractivity contribution in [1.29, 1.82) is 0 Å². The summed E-state index contributed by atoms with van der Waals surface area (Å²) in [7, 11) is 1.40. The second-order valence-corrected chi connectivity index (χ2v) is 5.64. The molecule has 0 saturated heterocycles. The SMILES string of the molecule is COC(=O)c1ccccc1NC1CSc2ccccc21. The van der Waals surface area contributed by atoms with Gasteiger partial charge in [0.05, 0.1) is 18.7 Å². The van der Waals surface area contributed by atoms with Gasteiger partial charge in [0.25, 0.3) is 0 Å². The van der Waals surface area contributed by atoms with Crippen LogP contribution in [0.4, 0.5) is 5.69 Å². The lowest BCUT2D eigenvalue weighted by Gasteiger charge is -2.17. The first-order chi connectivity index (χ1) is 9.79. The molecule has 0 bridgehead atoms. The van der Waals surface area contributed by atoms with E-state index < -0.39 is 0 Å². The van der Waals surface area contributed by atoms with Gasteiger partial charge in [-0.3, -0.25) is 0 Å². The normalized spacial score (nSPS) is 16.6. The second kappa shape index (κ2) is 5.59. The van der Waals surface area contributed by atoms with E-state index in [2.05, 4.69) is 23.5 Å². The summed E-state index contributed by atoms with van der Waals surface area (Å²) in [5, 5.41) is 3.46. The van der Waals surface area contributed by atoms with Crippen molar-refractivity contribution in [2.45, 2.75) is 10.9 Å². The van der Waals surface area contributed by atoms with Gasteiger partial charge >= 0.3 is 5.97 Å². The van der Waals surface area contributed by atoms with E-state index in [1.54, 1.807) is 6.07 Å². The Morgan fingerprint density at radius 3 is 2.80 bits per heavy atom. The fraction of sp³-hybridized carbons (Fsp3) is 0.188. The molecule has 20 heavy (non-hydrogen) atoms. The summed E-state index contributed by atoms with van der Waals surface area (Å²) in [6, 6.07) is 16.0. The van der Waals surface area contributed by atoms with Crippen LogP contribution in [0.3, 0.4) is 0 Å². The zero-order valence-electron chi connectivity index (χ0n) is 11.1. The number of benzene rings is 2. The molecular formula is C16H15NO2S. The van der Waals surface area contributed by atoms with Gasteiger partial charge in [0, 0.05) is 16.3 Å². The molecule has 1 aliphatic rings. The van der Waals surface area contributed by atoms with Gasteiger partial charge in [0.1, 0.15) is 0 Å². The Labute approximate surface area is 122 Å². The molecule has 1 atom stereocenters. The number of hydrogen-bond donors (Lipinski definition) is 1. The molecule has 0 saturated carbocycles. The Morgan fingerprint density at radius 1 is 1.20 bits per heavy atom. The van der Waals surface area contributed by atoms with Crippen molar-refractivity contribution in [1.82, 2.24) is 0 Å². The fourth-order valence-electron chi connectivity index (χ4n) is 2.37. The van der Waals surface area contributed by atoms with Crippen LogP contribution in [0.15, 0.2) is 53.4 Å². The molecule has 0 aliphatic carbocycles. The van der Waals surface area contributed by atoms with E-state index >= 15 is 0 Å². The van der Waals surface area contributed by atoms with Crippen LogP contribution in [-0.2, 0) is 4.74 Å². The number of nitrogens with one attached hydrogen (secondary N) is 1. The van der Waals surface area contributed by atoms with E-state index in [0.29, 0.717) is 5.56 Å². The van der Waals surface area contributed by atoms with E-state index in [9.17, 15) is 4.79 Å².